The highest BCUT2D eigenvalue weighted by Crippen LogP contribution is 2.66. The van der Waals surface area contributed by atoms with Gasteiger partial charge in [0.15, 0.2) is 0 Å². The minimum Gasteiger partial charge on any atom is -0.478 e. The molecule has 2 nitrogen and oxygen atoms in total. The number of carboxylic acids is 1. The average Bonchev–Trinajstić information content (AvgIpc) is 2.37. The molecule has 4 fully saturated rings. The van der Waals surface area contributed by atoms with Crippen LogP contribution in [0.25, 0.3) is 0 Å². The van der Waals surface area contributed by atoms with Gasteiger partial charge in [0.1, 0.15) is 0 Å². The molecular formula is C17H26O2. The van der Waals surface area contributed by atoms with Crippen LogP contribution < -0.4 is 0 Å². The lowest BCUT2D eigenvalue weighted by molar-refractivity contribution is -0.141. The summed E-state index contributed by atoms with van der Waals surface area (Å²) in [5, 5.41) is 9.53. The first kappa shape index (κ1) is 13.2. The molecule has 0 amide bonds. The maximum absolute atomic E-state index is 11.6. The lowest BCUT2D eigenvalue weighted by Crippen LogP contribution is -2.54. The number of carbonyl (C=O) groups is 1. The fourth-order valence-electron chi connectivity index (χ4n) is 5.75. The molecule has 0 radical (unpaired) electrons. The van der Waals surface area contributed by atoms with Gasteiger partial charge in [0, 0.05) is 11.0 Å². The quantitative estimate of drug-likeness (QED) is 0.752. The van der Waals surface area contributed by atoms with Crippen molar-refractivity contribution in [3.8, 4) is 0 Å². The molecule has 0 unspecified atom stereocenters. The third kappa shape index (κ3) is 1.86. The van der Waals surface area contributed by atoms with E-state index in [-0.39, 0.29) is 5.41 Å². The van der Waals surface area contributed by atoms with Crippen LogP contribution in [-0.2, 0) is 4.79 Å². The zero-order chi connectivity index (χ0) is 13.6. The van der Waals surface area contributed by atoms with E-state index in [1.54, 1.807) is 0 Å². The third-order valence-electron chi connectivity index (χ3n) is 6.36. The van der Waals surface area contributed by atoms with E-state index in [9.17, 15) is 9.90 Å². The Bertz CT molecular complexity index is 368. The van der Waals surface area contributed by atoms with E-state index >= 15 is 0 Å². The Kier molecular flexibility index (Phi) is 3.23. The molecule has 0 spiro atoms. The Hall–Kier alpha value is -0.790. The van der Waals surface area contributed by atoms with Crippen LogP contribution in [-0.4, -0.2) is 11.1 Å². The van der Waals surface area contributed by atoms with E-state index in [0.717, 1.165) is 31.1 Å². The normalized spacial score (nSPS) is 43.4. The van der Waals surface area contributed by atoms with Crippen molar-refractivity contribution in [1.29, 1.82) is 0 Å². The fraction of sp³-hybridized carbons (Fsp3) is 0.824. The van der Waals surface area contributed by atoms with Crippen molar-refractivity contribution in [2.45, 2.75) is 58.3 Å². The van der Waals surface area contributed by atoms with Crippen molar-refractivity contribution in [3.63, 3.8) is 0 Å². The average molecular weight is 262 g/mol. The lowest BCUT2D eigenvalue weighted by Gasteiger charge is -2.61. The number of hydrogen-bond donors (Lipinski definition) is 1. The SMILES string of the molecule is C=C(C(=O)O)C1(CCCC)C2CC3CC(C2)CC1C3. The predicted octanol–water partition coefficient (Wildman–Crippen LogP) is 4.26. The molecule has 0 aliphatic heterocycles. The van der Waals surface area contributed by atoms with Gasteiger partial charge in [-0.15, -0.1) is 0 Å². The number of aliphatic carboxylic acids is 1. The summed E-state index contributed by atoms with van der Waals surface area (Å²) in [4.78, 5) is 11.6. The van der Waals surface area contributed by atoms with Crippen molar-refractivity contribution in [2.24, 2.45) is 29.1 Å². The Morgan fingerprint density at radius 2 is 1.68 bits per heavy atom. The number of unbranched alkanes of at least 4 members (excludes halogenated alkanes) is 1. The number of carboxylic acid groups (broad SMARTS) is 1. The van der Waals surface area contributed by atoms with E-state index in [1.165, 1.54) is 32.1 Å². The first-order valence-electron chi connectivity index (χ1n) is 8.00. The Morgan fingerprint density at radius 3 is 2.11 bits per heavy atom. The second kappa shape index (κ2) is 4.64. The van der Waals surface area contributed by atoms with Crippen molar-refractivity contribution >= 4 is 5.97 Å². The number of hydrogen-bond acceptors (Lipinski definition) is 1. The molecule has 106 valence electrons. The maximum atomic E-state index is 11.6. The highest BCUT2D eigenvalue weighted by atomic mass is 16.4. The third-order valence-corrected chi connectivity index (χ3v) is 6.36. The summed E-state index contributed by atoms with van der Waals surface area (Å²) in [5.41, 5.74) is 0.477. The van der Waals surface area contributed by atoms with Crippen molar-refractivity contribution in [1.82, 2.24) is 0 Å². The summed E-state index contributed by atoms with van der Waals surface area (Å²) in [5.74, 6) is 2.25. The van der Waals surface area contributed by atoms with Crippen LogP contribution in [0.5, 0.6) is 0 Å². The van der Waals surface area contributed by atoms with Gasteiger partial charge in [-0.25, -0.2) is 4.79 Å². The molecule has 1 N–H and O–H groups in total. The Labute approximate surface area is 116 Å². The molecule has 19 heavy (non-hydrogen) atoms. The van der Waals surface area contributed by atoms with Crippen LogP contribution in [0.3, 0.4) is 0 Å². The highest BCUT2D eigenvalue weighted by Gasteiger charge is 2.58. The second-order valence-electron chi connectivity index (χ2n) is 7.23. The molecule has 4 saturated carbocycles. The topological polar surface area (TPSA) is 37.3 Å². The van der Waals surface area contributed by atoms with E-state index < -0.39 is 5.97 Å². The van der Waals surface area contributed by atoms with Gasteiger partial charge in [0.25, 0.3) is 0 Å². The van der Waals surface area contributed by atoms with Crippen LogP contribution in [0.1, 0.15) is 58.3 Å². The van der Waals surface area contributed by atoms with Gasteiger partial charge < -0.3 is 5.11 Å². The molecule has 4 aliphatic carbocycles. The first-order chi connectivity index (χ1) is 9.07. The highest BCUT2D eigenvalue weighted by molar-refractivity contribution is 5.87. The van der Waals surface area contributed by atoms with Gasteiger partial charge in [-0.1, -0.05) is 26.3 Å². The molecule has 0 saturated heterocycles. The van der Waals surface area contributed by atoms with Gasteiger partial charge in [-0.2, -0.15) is 0 Å². The van der Waals surface area contributed by atoms with Gasteiger partial charge in [-0.3, -0.25) is 0 Å². The first-order valence-corrected chi connectivity index (χ1v) is 8.00. The second-order valence-corrected chi connectivity index (χ2v) is 7.23. The van der Waals surface area contributed by atoms with Gasteiger partial charge >= 0.3 is 5.97 Å². The molecule has 0 heterocycles. The molecule has 0 aromatic rings. The monoisotopic (exact) mass is 262 g/mol. The van der Waals surface area contributed by atoms with Crippen LogP contribution in [0.4, 0.5) is 0 Å². The number of rotatable bonds is 5. The van der Waals surface area contributed by atoms with Gasteiger partial charge in [-0.05, 0) is 62.2 Å². The van der Waals surface area contributed by atoms with E-state index in [4.69, 9.17) is 0 Å². The van der Waals surface area contributed by atoms with Crippen LogP contribution in [0.2, 0.25) is 0 Å². The maximum Gasteiger partial charge on any atom is 0.331 e. The summed E-state index contributed by atoms with van der Waals surface area (Å²) in [6.45, 7) is 6.23. The standard InChI is InChI=1S/C17H26O2/c1-3-4-5-17(11(2)16(18)19)14-7-12-6-13(9-14)10-15(17)8-12/h12-15H,2-10H2,1H3,(H,18,19). The summed E-state index contributed by atoms with van der Waals surface area (Å²) >= 11 is 0. The smallest absolute Gasteiger partial charge is 0.331 e. The van der Waals surface area contributed by atoms with Gasteiger partial charge in [0.2, 0.25) is 0 Å². The van der Waals surface area contributed by atoms with Crippen LogP contribution >= 0.6 is 0 Å². The molecule has 4 rings (SSSR count). The molecule has 4 aliphatic rings. The summed E-state index contributed by atoms with van der Waals surface area (Å²) in [6, 6.07) is 0. The molecule has 0 aromatic heterocycles. The zero-order valence-corrected chi connectivity index (χ0v) is 12.0. The van der Waals surface area contributed by atoms with Crippen molar-refractivity contribution in [2.75, 3.05) is 0 Å². The molecule has 0 aromatic carbocycles. The molecule has 4 bridgehead atoms. The molecule has 2 heteroatoms. The van der Waals surface area contributed by atoms with E-state index in [2.05, 4.69) is 13.5 Å². The van der Waals surface area contributed by atoms with E-state index in [1.807, 2.05) is 0 Å². The zero-order valence-electron chi connectivity index (χ0n) is 12.0. The van der Waals surface area contributed by atoms with Crippen molar-refractivity contribution in [3.05, 3.63) is 12.2 Å². The Morgan fingerprint density at radius 1 is 1.16 bits per heavy atom. The van der Waals surface area contributed by atoms with Crippen molar-refractivity contribution < 1.29 is 9.90 Å². The molecular weight excluding hydrogens is 236 g/mol. The molecule has 0 atom stereocenters. The fourth-order valence-corrected chi connectivity index (χ4v) is 5.75. The van der Waals surface area contributed by atoms with Crippen LogP contribution in [0, 0.1) is 29.1 Å². The Balaban J connectivity index is 1.95. The predicted molar refractivity (Wildman–Crippen MR) is 75.8 cm³/mol. The largest absolute Gasteiger partial charge is 0.478 e. The lowest BCUT2D eigenvalue weighted by atomic mass is 9.42. The minimum atomic E-state index is -0.747. The summed E-state index contributed by atoms with van der Waals surface area (Å²) in [7, 11) is 0. The summed E-state index contributed by atoms with van der Waals surface area (Å²) in [6.07, 6.45) is 9.84. The van der Waals surface area contributed by atoms with Crippen LogP contribution in [0.15, 0.2) is 12.2 Å². The summed E-state index contributed by atoms with van der Waals surface area (Å²) < 4.78 is 0. The van der Waals surface area contributed by atoms with Gasteiger partial charge in [0.05, 0.1) is 0 Å². The minimum absolute atomic E-state index is 0.0603. The van der Waals surface area contributed by atoms with E-state index in [0.29, 0.717) is 17.4 Å².